The highest BCUT2D eigenvalue weighted by atomic mass is 35.5. The molecule has 2 amide bonds. The molecule has 38 heavy (non-hydrogen) atoms. The van der Waals surface area contributed by atoms with Crippen molar-refractivity contribution in [2.24, 2.45) is 0 Å². The Balaban J connectivity index is 0.00000336. The van der Waals surface area contributed by atoms with Crippen molar-refractivity contribution < 1.29 is 27.5 Å². The number of thioether (sulfide) groups is 1. The molecule has 5 rings (SSSR count). The molecule has 2 aromatic carbocycles. The molecule has 0 radical (unpaired) electrons. The van der Waals surface area contributed by atoms with Crippen LogP contribution in [0.5, 0.6) is 5.88 Å². The summed E-state index contributed by atoms with van der Waals surface area (Å²) in [4.78, 5) is 27.3. The minimum absolute atomic E-state index is 0. The lowest BCUT2D eigenvalue weighted by Crippen LogP contribution is -2.45. The van der Waals surface area contributed by atoms with Gasteiger partial charge in [0.1, 0.15) is 0 Å². The van der Waals surface area contributed by atoms with E-state index in [1.165, 1.54) is 28.8 Å². The van der Waals surface area contributed by atoms with Crippen LogP contribution in [0.25, 0.3) is 17.0 Å². The number of methoxy groups -OCH3 is 1. The quantitative estimate of drug-likeness (QED) is 0.371. The molecule has 2 aliphatic rings. The van der Waals surface area contributed by atoms with E-state index in [0.717, 1.165) is 43.8 Å². The van der Waals surface area contributed by atoms with Crippen molar-refractivity contribution in [3.63, 3.8) is 0 Å². The number of piperidine rings is 1. The summed E-state index contributed by atoms with van der Waals surface area (Å²) in [5.74, 6) is -0.0809. The largest absolute Gasteiger partial charge is 0.479 e. The van der Waals surface area contributed by atoms with Crippen LogP contribution in [-0.2, 0) is 17.5 Å². The fraction of sp³-hybridized carbons (Fsp3) is 0.320. The molecule has 0 atom stereocenters. The number of hydrogen-bond acceptors (Lipinski definition) is 6. The third-order valence-electron chi connectivity index (χ3n) is 6.43. The molecule has 2 fully saturated rings. The van der Waals surface area contributed by atoms with Gasteiger partial charge in [0.25, 0.3) is 11.1 Å². The number of aromatic nitrogens is 2. The zero-order valence-corrected chi connectivity index (χ0v) is 22.4. The fourth-order valence-corrected chi connectivity index (χ4v) is 5.72. The van der Waals surface area contributed by atoms with Crippen LogP contribution in [0.15, 0.2) is 41.3 Å². The van der Waals surface area contributed by atoms with Gasteiger partial charge >= 0.3 is 6.18 Å². The number of halogens is 5. The standard InChI is InChI=1S/C25H22ClF3N4O3S.ClH/c1-36-22-18-10-14(11-21-23(34)33(24(35)37-21)17-6-8-30-9-7-17)2-5-20(18)32(31-22)13-15-3-4-16(26)12-19(15)25(27,28)29;/h2-5,10-12,17,30H,6-9,13H2,1H3;1H. The number of hydrogen-bond donors (Lipinski definition) is 1. The van der Waals surface area contributed by atoms with Crippen molar-refractivity contribution in [2.45, 2.75) is 31.6 Å². The van der Waals surface area contributed by atoms with Gasteiger partial charge in [0, 0.05) is 11.1 Å². The molecule has 2 aliphatic heterocycles. The number of imide groups is 1. The van der Waals surface area contributed by atoms with Crippen molar-refractivity contribution >= 4 is 63.9 Å². The molecule has 1 aromatic heterocycles. The molecule has 202 valence electrons. The van der Waals surface area contributed by atoms with Crippen LogP contribution >= 0.6 is 35.8 Å². The molecule has 0 unspecified atom stereocenters. The highest BCUT2D eigenvalue weighted by Gasteiger charge is 2.40. The lowest BCUT2D eigenvalue weighted by Gasteiger charge is -2.29. The molecule has 0 aliphatic carbocycles. The lowest BCUT2D eigenvalue weighted by atomic mass is 10.1. The van der Waals surface area contributed by atoms with E-state index in [0.29, 0.717) is 21.4 Å². The predicted octanol–water partition coefficient (Wildman–Crippen LogP) is 5.98. The van der Waals surface area contributed by atoms with Crippen LogP contribution in [-0.4, -0.2) is 52.1 Å². The molecule has 3 aromatic rings. The van der Waals surface area contributed by atoms with Gasteiger partial charge in [0.15, 0.2) is 0 Å². The third-order valence-corrected chi connectivity index (χ3v) is 7.55. The van der Waals surface area contributed by atoms with Crippen molar-refractivity contribution in [1.82, 2.24) is 20.0 Å². The van der Waals surface area contributed by atoms with E-state index in [2.05, 4.69) is 10.4 Å². The Bertz CT molecular complexity index is 1420. The second-order valence-corrected chi connectivity index (χ2v) is 10.2. The molecule has 7 nitrogen and oxygen atoms in total. The van der Waals surface area contributed by atoms with Gasteiger partial charge in [-0.3, -0.25) is 19.2 Å². The van der Waals surface area contributed by atoms with Gasteiger partial charge in [-0.05, 0) is 79.2 Å². The van der Waals surface area contributed by atoms with Gasteiger partial charge < -0.3 is 10.1 Å². The summed E-state index contributed by atoms with van der Waals surface area (Å²) < 4.78 is 47.6. The van der Waals surface area contributed by atoms with Crippen LogP contribution in [0.1, 0.15) is 29.5 Å². The van der Waals surface area contributed by atoms with Crippen molar-refractivity contribution in [2.75, 3.05) is 20.2 Å². The maximum Gasteiger partial charge on any atom is 0.416 e. The van der Waals surface area contributed by atoms with Gasteiger partial charge in [-0.25, -0.2) is 0 Å². The van der Waals surface area contributed by atoms with Crippen molar-refractivity contribution in [3.8, 4) is 5.88 Å². The maximum absolute atomic E-state index is 13.6. The van der Waals surface area contributed by atoms with Gasteiger partial charge in [-0.2, -0.15) is 13.2 Å². The molecule has 13 heteroatoms. The smallest absolute Gasteiger partial charge is 0.416 e. The van der Waals surface area contributed by atoms with Crippen molar-refractivity contribution in [1.29, 1.82) is 0 Å². The normalized spacial score (nSPS) is 17.9. The third kappa shape index (κ3) is 5.51. The molecular weight excluding hydrogens is 564 g/mol. The number of nitrogens with zero attached hydrogens (tertiary/aromatic N) is 3. The van der Waals surface area contributed by atoms with Crippen LogP contribution in [0, 0.1) is 0 Å². The molecule has 1 N–H and O–H groups in total. The van der Waals surface area contributed by atoms with Gasteiger partial charge in [-0.1, -0.05) is 23.7 Å². The average molecular weight is 587 g/mol. The van der Waals surface area contributed by atoms with E-state index in [1.807, 2.05) is 0 Å². The van der Waals surface area contributed by atoms with E-state index < -0.39 is 11.7 Å². The number of rotatable bonds is 5. The van der Waals surface area contributed by atoms with Crippen LogP contribution in [0.2, 0.25) is 5.02 Å². The number of carbonyl (C=O) groups excluding carboxylic acids is 2. The van der Waals surface area contributed by atoms with Gasteiger partial charge in [0.05, 0.1) is 35.0 Å². The molecule has 2 saturated heterocycles. The fourth-order valence-electron chi connectivity index (χ4n) is 4.65. The summed E-state index contributed by atoms with van der Waals surface area (Å²) >= 11 is 6.71. The SMILES string of the molecule is COc1nn(Cc2ccc(Cl)cc2C(F)(F)F)c2ccc(C=C3SC(=O)N(C4CCNCC4)C3=O)cc12.Cl. The Hall–Kier alpha value is -2.73. The summed E-state index contributed by atoms with van der Waals surface area (Å²) in [5.41, 5.74) is 0.381. The first-order valence-electron chi connectivity index (χ1n) is 11.5. The number of amides is 2. The summed E-state index contributed by atoms with van der Waals surface area (Å²) in [5, 5.41) is 7.86. The number of alkyl halides is 3. The Morgan fingerprint density at radius 2 is 1.92 bits per heavy atom. The topological polar surface area (TPSA) is 76.5 Å². The Kier molecular flexibility index (Phi) is 8.32. The number of fused-ring (bicyclic) bond motifs is 1. The Morgan fingerprint density at radius 1 is 1.18 bits per heavy atom. The minimum atomic E-state index is -4.57. The zero-order valence-electron chi connectivity index (χ0n) is 20.0. The van der Waals surface area contributed by atoms with Gasteiger partial charge in [-0.15, -0.1) is 17.5 Å². The number of carbonyl (C=O) groups is 2. The predicted molar refractivity (Wildman–Crippen MR) is 143 cm³/mol. The summed E-state index contributed by atoms with van der Waals surface area (Å²) in [7, 11) is 1.42. The second kappa shape index (κ2) is 11.2. The van der Waals surface area contributed by atoms with E-state index in [1.54, 1.807) is 24.3 Å². The van der Waals surface area contributed by atoms with Gasteiger partial charge in [0.2, 0.25) is 5.88 Å². The summed E-state index contributed by atoms with van der Waals surface area (Å²) in [6.45, 7) is 1.36. The first-order valence-corrected chi connectivity index (χ1v) is 12.7. The van der Waals surface area contributed by atoms with E-state index in [-0.39, 0.29) is 52.6 Å². The zero-order chi connectivity index (χ0) is 26.3. The van der Waals surface area contributed by atoms with E-state index in [4.69, 9.17) is 16.3 Å². The molecule has 0 bridgehead atoms. The number of ether oxygens (including phenoxy) is 1. The first kappa shape index (κ1) is 28.3. The summed E-state index contributed by atoms with van der Waals surface area (Å²) in [6.07, 6.45) is -1.49. The highest BCUT2D eigenvalue weighted by molar-refractivity contribution is 8.18. The molecule has 3 heterocycles. The second-order valence-electron chi connectivity index (χ2n) is 8.78. The molecule has 0 saturated carbocycles. The van der Waals surface area contributed by atoms with E-state index in [9.17, 15) is 22.8 Å². The van der Waals surface area contributed by atoms with Crippen LogP contribution < -0.4 is 10.1 Å². The van der Waals surface area contributed by atoms with E-state index >= 15 is 0 Å². The van der Waals surface area contributed by atoms with Crippen molar-refractivity contribution in [3.05, 3.63) is 63.0 Å². The minimum Gasteiger partial charge on any atom is -0.479 e. The Labute approximate surface area is 231 Å². The average Bonchev–Trinajstić information content (AvgIpc) is 3.35. The Morgan fingerprint density at radius 3 is 2.61 bits per heavy atom. The molecule has 0 spiro atoms. The number of nitrogens with one attached hydrogen (secondary N) is 1. The van der Waals surface area contributed by atoms with Crippen LogP contribution in [0.3, 0.4) is 0 Å². The van der Waals surface area contributed by atoms with Crippen LogP contribution in [0.4, 0.5) is 18.0 Å². The highest BCUT2D eigenvalue weighted by Crippen LogP contribution is 2.37. The molecular formula is C25H23Cl2F3N4O3S. The lowest BCUT2D eigenvalue weighted by molar-refractivity contribution is -0.138. The summed E-state index contributed by atoms with van der Waals surface area (Å²) in [6, 6.07) is 8.69. The monoisotopic (exact) mass is 586 g/mol. The number of benzene rings is 2. The first-order chi connectivity index (χ1) is 17.7. The maximum atomic E-state index is 13.6.